The van der Waals surface area contributed by atoms with Gasteiger partial charge in [-0.25, -0.2) is 9.78 Å². The lowest BCUT2D eigenvalue weighted by atomic mass is 10.1. The number of alkyl halides is 6. The number of pyridine rings is 1. The Hall–Kier alpha value is -2.83. The summed E-state index contributed by atoms with van der Waals surface area (Å²) in [4.78, 5) is 13.2. The minimum atomic E-state index is -5.08. The van der Waals surface area contributed by atoms with Gasteiger partial charge in [0.2, 0.25) is 5.88 Å². The van der Waals surface area contributed by atoms with Crippen LogP contribution in [0.25, 0.3) is 0 Å². The molecule has 1 saturated heterocycles. The zero-order valence-corrected chi connectivity index (χ0v) is 15.4. The molecule has 2 aromatic rings. The van der Waals surface area contributed by atoms with Gasteiger partial charge in [-0.1, -0.05) is 6.07 Å². The number of aliphatic carboxylic acids is 1. The van der Waals surface area contributed by atoms with Crippen molar-refractivity contribution in [1.82, 2.24) is 20.1 Å². The zero-order valence-electron chi connectivity index (χ0n) is 15.4. The minimum absolute atomic E-state index is 0.125. The number of nitrogens with zero attached hydrogens (tertiary/aromatic N) is 3. The Balaban J connectivity index is 0.000000396. The first-order valence-corrected chi connectivity index (χ1v) is 8.68. The number of rotatable bonds is 4. The number of halogens is 6. The Bertz CT molecular complexity index is 831. The molecule has 2 N–H and O–H groups in total. The van der Waals surface area contributed by atoms with Gasteiger partial charge >= 0.3 is 18.3 Å². The summed E-state index contributed by atoms with van der Waals surface area (Å²) in [5, 5.41) is 14.1. The molecule has 0 aromatic carbocycles. The molecule has 0 atom stereocenters. The van der Waals surface area contributed by atoms with E-state index in [1.165, 1.54) is 4.68 Å². The molecule has 13 heteroatoms. The molecule has 0 bridgehead atoms. The van der Waals surface area contributed by atoms with Gasteiger partial charge in [-0.3, -0.25) is 4.68 Å². The van der Waals surface area contributed by atoms with Crippen LogP contribution in [0.15, 0.2) is 30.6 Å². The van der Waals surface area contributed by atoms with Crippen molar-refractivity contribution in [3.05, 3.63) is 41.9 Å². The highest BCUT2D eigenvalue weighted by atomic mass is 19.4. The van der Waals surface area contributed by atoms with E-state index in [1.807, 2.05) is 0 Å². The maximum Gasteiger partial charge on any atom is 0.490 e. The smallest absolute Gasteiger partial charge is 0.475 e. The highest BCUT2D eigenvalue weighted by Gasteiger charge is 2.38. The molecule has 0 aliphatic carbocycles. The summed E-state index contributed by atoms with van der Waals surface area (Å²) in [5.74, 6) is -2.26. The molecule has 1 aliphatic rings. The van der Waals surface area contributed by atoms with Gasteiger partial charge in [0.1, 0.15) is 6.10 Å². The van der Waals surface area contributed by atoms with E-state index < -0.39 is 23.9 Å². The van der Waals surface area contributed by atoms with Crippen LogP contribution < -0.4 is 10.1 Å². The van der Waals surface area contributed by atoms with Gasteiger partial charge in [0.15, 0.2) is 0 Å². The summed E-state index contributed by atoms with van der Waals surface area (Å²) in [7, 11) is 0. The number of carboxylic acids is 1. The lowest BCUT2D eigenvalue weighted by molar-refractivity contribution is -0.192. The standard InChI is InChI=1S/C15H17F3N4O.C2HF3O2/c16-15(17,18)11-8-20-22(9-11)10-12-2-1-3-14(21-12)23-13-4-6-19-7-5-13;3-2(4,5)1(6)7/h1-3,8-9,13,19H,4-7,10H2;(H,6,7). The number of aromatic nitrogens is 3. The first-order chi connectivity index (χ1) is 13.9. The molecule has 3 heterocycles. The predicted molar refractivity (Wildman–Crippen MR) is 90.8 cm³/mol. The van der Waals surface area contributed by atoms with Gasteiger partial charge < -0.3 is 15.2 Å². The van der Waals surface area contributed by atoms with Crippen LogP contribution in [0.3, 0.4) is 0 Å². The molecular formula is C17H18F6N4O3. The Morgan fingerprint density at radius 2 is 1.83 bits per heavy atom. The fraction of sp³-hybridized carbons (Fsp3) is 0.471. The molecule has 2 aromatic heterocycles. The zero-order chi connectivity index (χ0) is 22.4. The van der Waals surface area contributed by atoms with Crippen molar-refractivity contribution in [2.45, 2.75) is 37.8 Å². The second-order valence-electron chi connectivity index (χ2n) is 6.26. The van der Waals surface area contributed by atoms with Crippen LogP contribution in [0.4, 0.5) is 26.3 Å². The van der Waals surface area contributed by atoms with Gasteiger partial charge in [0.25, 0.3) is 0 Å². The van der Waals surface area contributed by atoms with E-state index in [4.69, 9.17) is 14.6 Å². The lowest BCUT2D eigenvalue weighted by Crippen LogP contribution is -2.34. The Labute approximate surface area is 166 Å². The van der Waals surface area contributed by atoms with Crippen LogP contribution in [0, 0.1) is 0 Å². The summed E-state index contributed by atoms with van der Waals surface area (Å²) in [6, 6.07) is 5.28. The Morgan fingerprint density at radius 1 is 1.20 bits per heavy atom. The van der Waals surface area contributed by atoms with E-state index in [-0.39, 0.29) is 12.6 Å². The van der Waals surface area contributed by atoms with Gasteiger partial charge in [0.05, 0.1) is 24.0 Å². The normalized spacial score (nSPS) is 15.3. The highest BCUT2D eigenvalue weighted by molar-refractivity contribution is 5.73. The van der Waals surface area contributed by atoms with Gasteiger partial charge in [0, 0.05) is 12.3 Å². The van der Waals surface area contributed by atoms with Crippen molar-refractivity contribution >= 4 is 5.97 Å². The Kier molecular flexibility index (Phi) is 7.65. The molecule has 0 radical (unpaired) electrons. The fourth-order valence-electron chi connectivity index (χ4n) is 2.46. The minimum Gasteiger partial charge on any atom is -0.475 e. The van der Waals surface area contributed by atoms with Crippen LogP contribution in [-0.2, 0) is 17.5 Å². The van der Waals surface area contributed by atoms with E-state index in [0.29, 0.717) is 11.6 Å². The third-order valence-corrected chi connectivity index (χ3v) is 3.88. The van der Waals surface area contributed by atoms with Crippen LogP contribution in [0.1, 0.15) is 24.1 Å². The molecule has 7 nitrogen and oxygen atoms in total. The topological polar surface area (TPSA) is 89.3 Å². The molecule has 1 fully saturated rings. The average Bonchev–Trinajstić information content (AvgIpc) is 3.11. The lowest BCUT2D eigenvalue weighted by Gasteiger charge is -2.23. The number of hydrogen-bond acceptors (Lipinski definition) is 5. The average molecular weight is 440 g/mol. The molecule has 0 amide bonds. The molecule has 3 rings (SSSR count). The second-order valence-corrected chi connectivity index (χ2v) is 6.26. The highest BCUT2D eigenvalue weighted by Crippen LogP contribution is 2.28. The first-order valence-electron chi connectivity index (χ1n) is 8.68. The van der Waals surface area contributed by atoms with Crippen molar-refractivity contribution in [2.24, 2.45) is 0 Å². The summed E-state index contributed by atoms with van der Waals surface area (Å²) >= 11 is 0. The fourth-order valence-corrected chi connectivity index (χ4v) is 2.46. The number of nitrogens with one attached hydrogen (secondary N) is 1. The maximum absolute atomic E-state index is 12.6. The molecule has 1 aliphatic heterocycles. The third kappa shape index (κ3) is 7.54. The largest absolute Gasteiger partial charge is 0.490 e. The molecule has 0 unspecified atom stereocenters. The van der Waals surface area contributed by atoms with Gasteiger partial charge in [-0.05, 0) is 32.0 Å². The Morgan fingerprint density at radius 3 is 2.37 bits per heavy atom. The summed E-state index contributed by atoms with van der Waals surface area (Å²) < 4.78 is 76.5. The second kappa shape index (κ2) is 9.78. The molecule has 0 saturated carbocycles. The third-order valence-electron chi connectivity index (χ3n) is 3.88. The van der Waals surface area contributed by atoms with Crippen LogP contribution in [0.2, 0.25) is 0 Å². The number of ether oxygens (including phenoxy) is 1. The van der Waals surface area contributed by atoms with Crippen LogP contribution in [0.5, 0.6) is 5.88 Å². The maximum atomic E-state index is 12.6. The van der Waals surface area contributed by atoms with Gasteiger partial charge in [-0.15, -0.1) is 0 Å². The first kappa shape index (κ1) is 23.4. The number of hydrogen-bond donors (Lipinski definition) is 2. The molecule has 30 heavy (non-hydrogen) atoms. The monoisotopic (exact) mass is 440 g/mol. The van der Waals surface area contributed by atoms with Crippen molar-refractivity contribution in [3.63, 3.8) is 0 Å². The molecule has 0 spiro atoms. The van der Waals surface area contributed by atoms with Crippen molar-refractivity contribution in [2.75, 3.05) is 13.1 Å². The number of carboxylic acid groups (broad SMARTS) is 1. The quantitative estimate of drug-likeness (QED) is 0.711. The number of carbonyl (C=O) groups is 1. The molecule has 166 valence electrons. The van der Waals surface area contributed by atoms with Crippen LogP contribution in [-0.4, -0.2) is 51.2 Å². The predicted octanol–water partition coefficient (Wildman–Crippen LogP) is 3.11. The van der Waals surface area contributed by atoms with E-state index in [0.717, 1.165) is 38.3 Å². The van der Waals surface area contributed by atoms with E-state index in [1.54, 1.807) is 18.2 Å². The molecular weight excluding hydrogens is 422 g/mol. The van der Waals surface area contributed by atoms with Gasteiger partial charge in [-0.2, -0.15) is 31.4 Å². The van der Waals surface area contributed by atoms with Crippen molar-refractivity contribution in [1.29, 1.82) is 0 Å². The van der Waals surface area contributed by atoms with E-state index >= 15 is 0 Å². The van der Waals surface area contributed by atoms with E-state index in [9.17, 15) is 26.3 Å². The summed E-state index contributed by atoms with van der Waals surface area (Å²) in [6.45, 7) is 2.00. The van der Waals surface area contributed by atoms with Crippen molar-refractivity contribution < 1.29 is 41.0 Å². The SMILES string of the molecule is FC(F)(F)c1cnn(Cc2cccc(OC3CCNCC3)n2)c1.O=C(O)C(F)(F)F. The summed E-state index contributed by atoms with van der Waals surface area (Å²) in [6.07, 6.45) is -5.72. The van der Waals surface area contributed by atoms with Crippen LogP contribution >= 0.6 is 0 Å². The van der Waals surface area contributed by atoms with Crippen molar-refractivity contribution in [3.8, 4) is 5.88 Å². The van der Waals surface area contributed by atoms with E-state index in [2.05, 4.69) is 15.4 Å². The number of piperidine rings is 1. The summed E-state index contributed by atoms with van der Waals surface area (Å²) in [5.41, 5.74) is -0.159.